The third kappa shape index (κ3) is 14.4. The Morgan fingerprint density at radius 3 is 2.31 bits per heavy atom. The zero-order valence-electron chi connectivity index (χ0n) is 52.1. The van der Waals surface area contributed by atoms with Crippen molar-refractivity contribution in [2.75, 3.05) is 66.3 Å². The van der Waals surface area contributed by atoms with Crippen LogP contribution < -0.4 is 21.5 Å². The van der Waals surface area contributed by atoms with Crippen molar-refractivity contribution < 1.29 is 76.4 Å². The lowest BCUT2D eigenvalue weighted by atomic mass is 9.81. The molecule has 0 radical (unpaired) electrons. The van der Waals surface area contributed by atoms with Crippen LogP contribution in [0.15, 0.2) is 47.3 Å². The topological polar surface area (TPSA) is 305 Å². The van der Waals surface area contributed by atoms with Crippen LogP contribution in [0.1, 0.15) is 142 Å². The quantitative estimate of drug-likeness (QED) is 0.0284. The van der Waals surface area contributed by atoms with Gasteiger partial charge in [-0.3, -0.25) is 52.8 Å². The van der Waals surface area contributed by atoms with Gasteiger partial charge in [0.05, 0.1) is 74.6 Å². The Kier molecular flexibility index (Phi) is 20.5. The van der Waals surface area contributed by atoms with E-state index in [2.05, 4.69) is 16.0 Å². The molecule has 2 aromatic carbocycles. The standard InChI is InChI=1S/C67H80FN7O16/c1-5-67(87)50-30-54-59-48(35-74(54)63(84)49(50)37-90-65(67)86)58-53(17-16-47-39(3)51(68)31-52(72-59)57(47)58)73(4)64(85)66(20-21-66)91-23-19-44(76)32-71-61(82)43(28-40-9-7-6-8-10-40)29-46(78)33-70-55(79)18-15-45(77)36-89-26-25-88-24-22-69-60(81)42-13-11-41(12-14-42)34-75-56(80)27-38(2)62(75)83/h6-10,30-31,38,41-43,53,87H,5,11-29,32-37H2,1-4H3,(H,69,81)(H,70,79)(H,71,82)/t38?,41?,42?,43-,53+,67+/m1/s1. The Bertz CT molecular complexity index is 3620. The molecule has 3 fully saturated rings. The predicted octanol–water partition coefficient (Wildman–Crippen LogP) is 4.23. The van der Waals surface area contributed by atoms with Gasteiger partial charge in [-0.2, -0.15) is 0 Å². The molecule has 4 atom stereocenters. The maximum atomic E-state index is 15.6. The average Bonchev–Trinajstić information content (AvgIpc) is 1.63. The van der Waals surface area contributed by atoms with Gasteiger partial charge >= 0.3 is 5.97 Å². The summed E-state index contributed by atoms with van der Waals surface area (Å²) in [5, 5.41) is 20.3. The molecule has 3 aliphatic carbocycles. The Hall–Kier alpha value is -7.93. The molecule has 10 rings (SSSR count). The first kappa shape index (κ1) is 66.0. The number of benzene rings is 2. The number of nitrogens with one attached hydrogen (secondary N) is 3. The summed E-state index contributed by atoms with van der Waals surface area (Å²) in [6.07, 6.45) is 4.19. The highest BCUT2D eigenvalue weighted by atomic mass is 19.1. The number of fused-ring (bicyclic) bond motifs is 5. The minimum atomic E-state index is -2.05. The van der Waals surface area contributed by atoms with E-state index in [4.69, 9.17) is 23.9 Å². The van der Waals surface area contributed by atoms with E-state index in [9.17, 15) is 57.8 Å². The van der Waals surface area contributed by atoms with Gasteiger partial charge in [-0.05, 0) is 105 Å². The smallest absolute Gasteiger partial charge is 0.343 e. The van der Waals surface area contributed by atoms with Crippen LogP contribution in [0.4, 0.5) is 4.39 Å². The van der Waals surface area contributed by atoms with E-state index in [1.54, 1.807) is 50.9 Å². The summed E-state index contributed by atoms with van der Waals surface area (Å²) in [6, 6.07) is 11.4. The van der Waals surface area contributed by atoms with Crippen molar-refractivity contribution in [1.29, 1.82) is 0 Å². The van der Waals surface area contributed by atoms with E-state index >= 15 is 4.39 Å². The molecule has 3 aliphatic heterocycles. The maximum Gasteiger partial charge on any atom is 0.343 e. The highest BCUT2D eigenvalue weighted by Gasteiger charge is 2.54. The Labute approximate surface area is 525 Å². The van der Waals surface area contributed by atoms with Crippen molar-refractivity contribution in [2.24, 2.45) is 23.7 Å². The van der Waals surface area contributed by atoms with Crippen LogP contribution in [-0.4, -0.2) is 155 Å². The number of likely N-dealkylation sites (N-methyl/N-ethyl adjacent to an activating group) is 1. The summed E-state index contributed by atoms with van der Waals surface area (Å²) in [7, 11) is 1.68. The second-order valence-electron chi connectivity index (χ2n) is 25.2. The molecule has 2 aromatic heterocycles. The molecule has 4 aromatic rings. The number of cyclic esters (lactones) is 1. The van der Waals surface area contributed by atoms with Gasteiger partial charge < -0.3 is 49.5 Å². The number of imide groups is 1. The van der Waals surface area contributed by atoms with Gasteiger partial charge in [0.15, 0.2) is 23.0 Å². The number of ether oxygens (including phenoxy) is 4. The monoisotopic (exact) mass is 1260 g/mol. The lowest BCUT2D eigenvalue weighted by Crippen LogP contribution is -2.44. The molecule has 6 aliphatic rings. The fourth-order valence-corrected chi connectivity index (χ4v) is 13.5. The number of carbonyl (C=O) groups excluding carboxylic acids is 10. The van der Waals surface area contributed by atoms with Gasteiger partial charge in [0, 0.05) is 92.6 Å². The number of pyridine rings is 2. The first-order valence-corrected chi connectivity index (χ1v) is 31.7. The average molecular weight is 1260 g/mol. The molecule has 6 amide bonds. The normalized spacial score (nSPS) is 21.3. The second kappa shape index (κ2) is 28.3. The van der Waals surface area contributed by atoms with Gasteiger partial charge in [0.25, 0.3) is 11.5 Å². The largest absolute Gasteiger partial charge is 0.458 e. The lowest BCUT2D eigenvalue weighted by molar-refractivity contribution is -0.172. The summed E-state index contributed by atoms with van der Waals surface area (Å²) in [5.74, 6) is -5.26. The molecule has 24 heteroatoms. The van der Waals surface area contributed by atoms with E-state index in [0.29, 0.717) is 85.0 Å². The molecule has 486 valence electrons. The Morgan fingerprint density at radius 2 is 1.59 bits per heavy atom. The second-order valence-corrected chi connectivity index (χ2v) is 25.2. The van der Waals surface area contributed by atoms with Crippen molar-refractivity contribution in [2.45, 2.75) is 147 Å². The third-order valence-electron chi connectivity index (χ3n) is 19.0. The van der Waals surface area contributed by atoms with Gasteiger partial charge in [-0.1, -0.05) is 44.2 Å². The Balaban J connectivity index is 0.640. The van der Waals surface area contributed by atoms with Crippen molar-refractivity contribution in [1.82, 2.24) is 35.3 Å². The van der Waals surface area contributed by atoms with Crippen molar-refractivity contribution >= 4 is 69.7 Å². The van der Waals surface area contributed by atoms with Crippen LogP contribution >= 0.6 is 0 Å². The van der Waals surface area contributed by atoms with Crippen molar-refractivity contribution in [3.8, 4) is 11.4 Å². The number of halogens is 1. The van der Waals surface area contributed by atoms with E-state index in [1.165, 1.54) is 15.5 Å². The molecule has 23 nitrogen and oxygen atoms in total. The van der Waals surface area contributed by atoms with Crippen molar-refractivity contribution in [3.63, 3.8) is 0 Å². The molecular formula is C67H80FN7O16. The number of likely N-dealkylation sites (tertiary alicyclic amines) is 1. The van der Waals surface area contributed by atoms with Crippen LogP contribution in [0, 0.1) is 36.4 Å². The minimum Gasteiger partial charge on any atom is -0.458 e. The number of hydrogen-bond acceptors (Lipinski definition) is 17. The van der Waals surface area contributed by atoms with Gasteiger partial charge in [0.1, 0.15) is 24.6 Å². The fraction of sp³-hybridized carbons (Fsp3) is 0.552. The predicted molar refractivity (Wildman–Crippen MR) is 325 cm³/mol. The maximum absolute atomic E-state index is 15.6. The number of rotatable bonds is 30. The van der Waals surface area contributed by atoms with Crippen LogP contribution in [0.25, 0.3) is 22.3 Å². The van der Waals surface area contributed by atoms with Gasteiger partial charge in [0.2, 0.25) is 29.5 Å². The number of hydrogen-bond donors (Lipinski definition) is 4. The molecule has 1 unspecified atom stereocenters. The van der Waals surface area contributed by atoms with E-state index in [0.717, 1.165) is 29.5 Å². The fourth-order valence-electron chi connectivity index (χ4n) is 13.5. The highest BCUT2D eigenvalue weighted by Crippen LogP contribution is 2.50. The molecular weight excluding hydrogens is 1180 g/mol. The van der Waals surface area contributed by atoms with Crippen LogP contribution in [-0.2, 0) is 98.5 Å². The molecule has 2 saturated carbocycles. The summed E-state index contributed by atoms with van der Waals surface area (Å²) < 4.78 is 39.5. The van der Waals surface area contributed by atoms with Crippen molar-refractivity contribution in [3.05, 3.63) is 97.6 Å². The summed E-state index contributed by atoms with van der Waals surface area (Å²) >= 11 is 0. The summed E-state index contributed by atoms with van der Waals surface area (Å²) in [5.41, 5.74) is 1.01. The zero-order valence-corrected chi connectivity index (χ0v) is 52.1. The number of esters is 1. The Morgan fingerprint density at radius 1 is 0.857 bits per heavy atom. The number of carbonyl (C=O) groups is 10. The molecule has 5 heterocycles. The molecule has 0 bridgehead atoms. The van der Waals surface area contributed by atoms with Crippen LogP contribution in [0.2, 0.25) is 0 Å². The molecule has 0 spiro atoms. The number of aliphatic hydroxyl groups is 1. The number of nitrogens with zero attached hydrogens (tertiary/aromatic N) is 4. The van der Waals surface area contributed by atoms with E-state index < -0.39 is 58.1 Å². The summed E-state index contributed by atoms with van der Waals surface area (Å²) in [6.45, 7) is 4.96. The number of Topliss-reactive ketones (excluding diaryl/α,β-unsaturated/α-hetero) is 3. The molecule has 4 N–H and O–H groups in total. The lowest BCUT2D eigenvalue weighted by Gasteiger charge is -2.36. The van der Waals surface area contributed by atoms with Crippen LogP contribution in [0.5, 0.6) is 0 Å². The number of ketones is 3. The van der Waals surface area contributed by atoms with Gasteiger partial charge in [-0.25, -0.2) is 14.2 Å². The van der Waals surface area contributed by atoms with E-state index in [1.807, 2.05) is 18.2 Å². The third-order valence-corrected chi connectivity index (χ3v) is 19.0. The zero-order chi connectivity index (χ0) is 64.9. The first-order valence-electron chi connectivity index (χ1n) is 31.7. The number of amides is 6. The highest BCUT2D eigenvalue weighted by molar-refractivity contribution is 6.03. The molecule has 91 heavy (non-hydrogen) atoms. The number of aromatic nitrogens is 2. The van der Waals surface area contributed by atoms with Gasteiger partial charge in [-0.15, -0.1) is 0 Å². The summed E-state index contributed by atoms with van der Waals surface area (Å²) in [4.78, 5) is 152. The first-order chi connectivity index (χ1) is 43.6. The SMILES string of the molecule is CC[C@@]1(O)C(=O)OCc2c1cc1n(c2=O)Cc2c-1nc1cc(F)c(C)c3c1c2[C@@H](N(C)C(=O)C1(OCCC(=O)CNC(=O)[C@@H](CC(=O)CNC(=O)CCC(=O)COCCOCCNC(=O)C2CCC(CN4C(=O)CC(C)C4=O)CC2)Cc2ccccc2)CC1)CC3. The number of aryl methyl sites for hydroxylation is 1. The minimum absolute atomic E-state index is 0.0442. The van der Waals surface area contributed by atoms with Crippen LogP contribution in [0.3, 0.4) is 0 Å². The van der Waals surface area contributed by atoms with E-state index in [-0.39, 0.29) is 168 Å². The molecule has 1 saturated heterocycles.